The molecule has 1 aliphatic rings. The number of thiol groups is 1. The molecule has 3 heteroatoms. The van der Waals surface area contributed by atoms with Crippen molar-refractivity contribution < 1.29 is 4.74 Å². The maximum absolute atomic E-state index is 5.55. The second-order valence-electron chi connectivity index (χ2n) is 4.42. The molecule has 14 heavy (non-hydrogen) atoms. The molecule has 0 aromatic heterocycles. The molecule has 1 aliphatic heterocycles. The third-order valence-corrected chi connectivity index (χ3v) is 5.15. The van der Waals surface area contributed by atoms with Gasteiger partial charge in [0.1, 0.15) is 0 Å². The number of rotatable bonds is 5. The minimum absolute atomic E-state index is 0.452. The molecular weight excluding hydrogens is 212 g/mol. The fourth-order valence-corrected chi connectivity index (χ4v) is 3.97. The highest BCUT2D eigenvalue weighted by Gasteiger charge is 2.25. The summed E-state index contributed by atoms with van der Waals surface area (Å²) in [6.45, 7) is 7.72. The predicted octanol–water partition coefficient (Wildman–Crippen LogP) is 3.10. The highest BCUT2D eigenvalue weighted by Crippen LogP contribution is 2.29. The third-order valence-electron chi connectivity index (χ3n) is 3.01. The van der Waals surface area contributed by atoms with E-state index in [0.717, 1.165) is 29.4 Å². The minimum atomic E-state index is 0.452. The van der Waals surface area contributed by atoms with Gasteiger partial charge in [0.05, 0.1) is 6.10 Å². The molecule has 1 rings (SSSR count). The molecule has 0 N–H and O–H groups in total. The smallest absolute Gasteiger partial charge is 0.0666 e. The summed E-state index contributed by atoms with van der Waals surface area (Å²) in [5.41, 5.74) is 0. The van der Waals surface area contributed by atoms with Crippen LogP contribution in [0.4, 0.5) is 0 Å². The second-order valence-corrected chi connectivity index (χ2v) is 6.06. The van der Waals surface area contributed by atoms with Crippen LogP contribution in [0.15, 0.2) is 0 Å². The van der Waals surface area contributed by atoms with Gasteiger partial charge in [-0.15, -0.1) is 0 Å². The zero-order valence-electron chi connectivity index (χ0n) is 9.40. The van der Waals surface area contributed by atoms with Crippen molar-refractivity contribution in [1.82, 2.24) is 0 Å². The summed E-state index contributed by atoms with van der Waals surface area (Å²) in [6, 6.07) is 0. The third kappa shape index (κ3) is 3.67. The molecule has 0 aromatic carbocycles. The second kappa shape index (κ2) is 6.29. The van der Waals surface area contributed by atoms with E-state index in [9.17, 15) is 0 Å². The van der Waals surface area contributed by atoms with Crippen molar-refractivity contribution in [3.05, 3.63) is 0 Å². The van der Waals surface area contributed by atoms with E-state index in [0.29, 0.717) is 6.10 Å². The lowest BCUT2D eigenvalue weighted by atomic mass is 10.0. The molecule has 1 fully saturated rings. The number of thioether (sulfide) groups is 1. The molecule has 1 heterocycles. The molecule has 0 radical (unpaired) electrons. The van der Waals surface area contributed by atoms with Gasteiger partial charge in [-0.2, -0.15) is 24.4 Å². The summed E-state index contributed by atoms with van der Waals surface area (Å²) in [7, 11) is 0. The van der Waals surface area contributed by atoms with Crippen molar-refractivity contribution in [2.24, 2.45) is 11.8 Å². The molecule has 0 spiro atoms. The molecular formula is C11H22OS2. The summed E-state index contributed by atoms with van der Waals surface area (Å²) in [4.78, 5) is 0. The Kier molecular flexibility index (Phi) is 5.72. The van der Waals surface area contributed by atoms with Gasteiger partial charge in [-0.3, -0.25) is 0 Å². The van der Waals surface area contributed by atoms with Gasteiger partial charge in [0, 0.05) is 11.9 Å². The van der Waals surface area contributed by atoms with Crippen molar-refractivity contribution in [2.75, 3.05) is 18.1 Å². The quantitative estimate of drug-likeness (QED) is 0.732. The zero-order valence-corrected chi connectivity index (χ0v) is 11.1. The van der Waals surface area contributed by atoms with Crippen molar-refractivity contribution >= 4 is 24.4 Å². The Morgan fingerprint density at radius 2 is 2.21 bits per heavy atom. The van der Waals surface area contributed by atoms with E-state index >= 15 is 0 Å². The minimum Gasteiger partial charge on any atom is -0.377 e. The van der Waals surface area contributed by atoms with E-state index in [1.165, 1.54) is 12.2 Å². The van der Waals surface area contributed by atoms with Crippen molar-refractivity contribution in [1.29, 1.82) is 0 Å². The van der Waals surface area contributed by atoms with Crippen LogP contribution in [0, 0.1) is 11.8 Å². The normalized spacial score (nSPS) is 29.8. The molecule has 0 amide bonds. The van der Waals surface area contributed by atoms with Crippen LogP contribution in [-0.2, 0) is 4.74 Å². The molecule has 3 unspecified atom stereocenters. The monoisotopic (exact) mass is 234 g/mol. The van der Waals surface area contributed by atoms with Crippen LogP contribution in [0.2, 0.25) is 0 Å². The van der Waals surface area contributed by atoms with Crippen molar-refractivity contribution in [2.45, 2.75) is 38.5 Å². The lowest BCUT2D eigenvalue weighted by Crippen LogP contribution is -2.19. The maximum atomic E-state index is 5.55. The summed E-state index contributed by atoms with van der Waals surface area (Å²) >= 11 is 6.49. The number of ether oxygens (including phenoxy) is 1. The standard InChI is InChI=1S/C11H22OS2/c1-8(2)10(6-13)7-14-11-4-5-12-9(11)3/h8-11,13H,4-7H2,1-3H3. The molecule has 0 aromatic rings. The van der Waals surface area contributed by atoms with Crippen LogP contribution in [0.25, 0.3) is 0 Å². The maximum Gasteiger partial charge on any atom is 0.0666 e. The summed E-state index contributed by atoms with van der Waals surface area (Å²) < 4.78 is 5.55. The van der Waals surface area contributed by atoms with Gasteiger partial charge in [-0.25, -0.2) is 0 Å². The van der Waals surface area contributed by atoms with Gasteiger partial charge in [-0.1, -0.05) is 13.8 Å². The number of hydrogen-bond donors (Lipinski definition) is 1. The van der Waals surface area contributed by atoms with Crippen LogP contribution in [0.3, 0.4) is 0 Å². The Morgan fingerprint density at radius 1 is 1.50 bits per heavy atom. The molecule has 84 valence electrons. The lowest BCUT2D eigenvalue weighted by Gasteiger charge is -2.21. The van der Waals surface area contributed by atoms with E-state index < -0.39 is 0 Å². The Morgan fingerprint density at radius 3 is 2.64 bits per heavy atom. The van der Waals surface area contributed by atoms with E-state index in [-0.39, 0.29) is 0 Å². The molecule has 1 nitrogen and oxygen atoms in total. The zero-order chi connectivity index (χ0) is 10.6. The fourth-order valence-electron chi connectivity index (χ4n) is 1.63. The summed E-state index contributed by atoms with van der Waals surface area (Å²) in [5, 5.41) is 0.719. The van der Waals surface area contributed by atoms with Gasteiger partial charge in [-0.05, 0) is 36.7 Å². The summed E-state index contributed by atoms with van der Waals surface area (Å²) in [5.74, 6) is 3.74. The van der Waals surface area contributed by atoms with E-state index in [4.69, 9.17) is 4.74 Å². The average molecular weight is 234 g/mol. The van der Waals surface area contributed by atoms with Crippen molar-refractivity contribution in [3.8, 4) is 0 Å². The van der Waals surface area contributed by atoms with Crippen LogP contribution in [0.5, 0.6) is 0 Å². The Balaban J connectivity index is 2.24. The van der Waals surface area contributed by atoms with Crippen LogP contribution >= 0.6 is 24.4 Å². The average Bonchev–Trinajstić information content (AvgIpc) is 2.52. The number of hydrogen-bond acceptors (Lipinski definition) is 3. The highest BCUT2D eigenvalue weighted by atomic mass is 32.2. The molecule has 1 saturated heterocycles. The summed E-state index contributed by atoms with van der Waals surface area (Å²) in [6.07, 6.45) is 1.68. The van der Waals surface area contributed by atoms with Gasteiger partial charge in [0.2, 0.25) is 0 Å². The first-order chi connectivity index (χ1) is 6.65. The van der Waals surface area contributed by atoms with Gasteiger partial charge < -0.3 is 4.74 Å². The molecule has 0 saturated carbocycles. The highest BCUT2D eigenvalue weighted by molar-refractivity contribution is 8.00. The van der Waals surface area contributed by atoms with E-state index in [1.807, 2.05) is 0 Å². The molecule has 0 bridgehead atoms. The van der Waals surface area contributed by atoms with Crippen molar-refractivity contribution in [3.63, 3.8) is 0 Å². The Labute approximate surface area is 97.8 Å². The van der Waals surface area contributed by atoms with Crippen LogP contribution in [0.1, 0.15) is 27.2 Å². The largest absolute Gasteiger partial charge is 0.377 e. The van der Waals surface area contributed by atoms with Gasteiger partial charge in [0.15, 0.2) is 0 Å². The lowest BCUT2D eigenvalue weighted by molar-refractivity contribution is 0.127. The van der Waals surface area contributed by atoms with Gasteiger partial charge >= 0.3 is 0 Å². The van der Waals surface area contributed by atoms with E-state index in [2.05, 4.69) is 45.2 Å². The Bertz CT molecular complexity index is 159. The topological polar surface area (TPSA) is 9.23 Å². The first-order valence-corrected chi connectivity index (χ1v) is 7.17. The van der Waals surface area contributed by atoms with Crippen LogP contribution < -0.4 is 0 Å². The first kappa shape index (κ1) is 12.7. The predicted molar refractivity (Wildman–Crippen MR) is 68.5 cm³/mol. The molecule has 0 aliphatic carbocycles. The molecule has 3 atom stereocenters. The van der Waals surface area contributed by atoms with E-state index in [1.54, 1.807) is 0 Å². The SMILES string of the molecule is CC(C)C(CS)CSC1CCOC1C. The first-order valence-electron chi connectivity index (χ1n) is 5.49. The van der Waals surface area contributed by atoms with Crippen LogP contribution in [-0.4, -0.2) is 29.5 Å². The fraction of sp³-hybridized carbons (Fsp3) is 1.00. The van der Waals surface area contributed by atoms with Gasteiger partial charge in [0.25, 0.3) is 0 Å². The Hall–Kier alpha value is 0.660.